The molecule has 24 heavy (non-hydrogen) atoms. The van der Waals surface area contributed by atoms with Gasteiger partial charge >= 0.3 is 11.9 Å². The molecular formula is C18H19O5P. The van der Waals surface area contributed by atoms with Crippen molar-refractivity contribution in [3.05, 3.63) is 52.0 Å². The second-order valence-corrected chi connectivity index (χ2v) is 7.34. The van der Waals surface area contributed by atoms with Crippen molar-refractivity contribution in [3.63, 3.8) is 0 Å². The lowest BCUT2D eigenvalue weighted by atomic mass is 10.1. The largest absolute Gasteiger partial charge is 0.462 e. The molecule has 0 atom stereocenters. The van der Waals surface area contributed by atoms with E-state index in [1.165, 1.54) is 0 Å². The van der Waals surface area contributed by atoms with Gasteiger partial charge in [-0.25, -0.2) is 9.59 Å². The molecule has 0 radical (unpaired) electrons. The van der Waals surface area contributed by atoms with Gasteiger partial charge in [0.2, 0.25) is 0 Å². The van der Waals surface area contributed by atoms with Crippen molar-refractivity contribution in [2.24, 2.45) is 0 Å². The second kappa shape index (κ2) is 7.20. The predicted molar refractivity (Wildman–Crippen MR) is 90.9 cm³/mol. The van der Waals surface area contributed by atoms with E-state index >= 15 is 0 Å². The first-order chi connectivity index (χ1) is 11.7. The van der Waals surface area contributed by atoms with Gasteiger partial charge in [-0.15, -0.1) is 0 Å². The third-order valence-corrected chi connectivity index (χ3v) is 6.44. The van der Waals surface area contributed by atoms with Crippen molar-refractivity contribution in [2.75, 3.05) is 13.2 Å². The quantitative estimate of drug-likeness (QED) is 0.765. The molecule has 2 heterocycles. The molecule has 5 nitrogen and oxygen atoms in total. The van der Waals surface area contributed by atoms with Crippen LogP contribution in [0, 0.1) is 0 Å². The van der Waals surface area contributed by atoms with Crippen LogP contribution in [0.5, 0.6) is 0 Å². The molecule has 6 heteroatoms. The minimum atomic E-state index is -1.27. The minimum absolute atomic E-state index is 0.290. The van der Waals surface area contributed by atoms with Crippen molar-refractivity contribution in [1.29, 1.82) is 0 Å². The summed E-state index contributed by atoms with van der Waals surface area (Å²) in [7, 11) is -1.27. The average molecular weight is 346 g/mol. The molecule has 0 N–H and O–H groups in total. The minimum Gasteiger partial charge on any atom is -0.462 e. The lowest BCUT2D eigenvalue weighted by Gasteiger charge is -2.11. The van der Waals surface area contributed by atoms with Gasteiger partial charge in [0.05, 0.1) is 37.0 Å². The highest BCUT2D eigenvalue weighted by atomic mass is 31.1. The van der Waals surface area contributed by atoms with Crippen molar-refractivity contribution in [2.45, 2.75) is 27.1 Å². The second-order valence-electron chi connectivity index (χ2n) is 5.26. The third kappa shape index (κ3) is 2.85. The summed E-state index contributed by atoms with van der Waals surface area (Å²) >= 11 is 0. The maximum Gasteiger partial charge on any atom is 0.342 e. The van der Waals surface area contributed by atoms with Gasteiger partial charge in [-0.2, -0.15) is 0 Å². The molecule has 1 aliphatic rings. The Morgan fingerprint density at radius 3 is 1.92 bits per heavy atom. The average Bonchev–Trinajstić information content (AvgIpc) is 3.15. The first-order valence-electron chi connectivity index (χ1n) is 7.92. The maximum absolute atomic E-state index is 12.6. The van der Waals surface area contributed by atoms with Crippen LogP contribution < -0.4 is 0 Å². The Hall–Kier alpha value is -2.10. The number of rotatable bonds is 5. The summed E-state index contributed by atoms with van der Waals surface area (Å²) in [4.78, 5) is 25.2. The van der Waals surface area contributed by atoms with E-state index in [9.17, 15) is 9.59 Å². The highest BCUT2D eigenvalue weighted by Crippen LogP contribution is 2.54. The fourth-order valence-corrected chi connectivity index (χ4v) is 5.54. The van der Waals surface area contributed by atoms with Gasteiger partial charge in [-0.1, -0.05) is 37.9 Å². The Balaban J connectivity index is 2.26. The molecule has 1 aromatic carbocycles. The van der Waals surface area contributed by atoms with Gasteiger partial charge in [-0.3, -0.25) is 0 Å². The first-order valence-corrected chi connectivity index (χ1v) is 9.27. The van der Waals surface area contributed by atoms with Crippen LogP contribution in [0.15, 0.2) is 30.3 Å². The summed E-state index contributed by atoms with van der Waals surface area (Å²) in [6, 6.07) is 9.60. The molecule has 0 unspecified atom stereocenters. The van der Waals surface area contributed by atoms with E-state index in [-0.39, 0.29) is 11.9 Å². The van der Waals surface area contributed by atoms with Crippen LogP contribution in [-0.4, -0.2) is 25.2 Å². The number of hydrogen-bond acceptors (Lipinski definition) is 5. The fraction of sp³-hybridized carbons (Fsp3) is 0.333. The number of esters is 2. The maximum atomic E-state index is 12.6. The molecule has 0 fully saturated rings. The van der Waals surface area contributed by atoms with E-state index in [1.807, 2.05) is 30.3 Å². The zero-order chi connectivity index (χ0) is 17.1. The van der Waals surface area contributed by atoms with Gasteiger partial charge in [0.25, 0.3) is 0 Å². The standard InChI is InChI=1S/C18H19O5P/c1-3-22-17(19)15-13-10-21-11-14(13)16(18(20)23-4-2)24(15)12-8-6-5-7-9-12/h5-9H,3-4,10-11H2,1-2H3. The Kier molecular flexibility index (Phi) is 5.03. The number of hydrogen-bond donors (Lipinski definition) is 0. The molecule has 0 amide bonds. The van der Waals surface area contributed by atoms with E-state index in [4.69, 9.17) is 14.2 Å². The summed E-state index contributed by atoms with van der Waals surface area (Å²) in [6.45, 7) is 4.79. The van der Waals surface area contributed by atoms with Gasteiger partial charge in [-0.05, 0) is 19.2 Å². The molecule has 3 rings (SSSR count). The van der Waals surface area contributed by atoms with Gasteiger partial charge < -0.3 is 14.2 Å². The van der Waals surface area contributed by atoms with Crippen LogP contribution in [-0.2, 0) is 27.4 Å². The Labute approximate surface area is 141 Å². The highest BCUT2D eigenvalue weighted by molar-refractivity contribution is 7.60. The van der Waals surface area contributed by atoms with Crippen molar-refractivity contribution >= 4 is 19.5 Å². The molecule has 126 valence electrons. The number of carbonyl (C=O) groups excluding carboxylic acids is 2. The fourth-order valence-electron chi connectivity index (χ4n) is 2.90. The molecule has 2 aromatic rings. The molecule has 0 saturated carbocycles. The van der Waals surface area contributed by atoms with Crippen molar-refractivity contribution < 1.29 is 23.8 Å². The van der Waals surface area contributed by atoms with E-state index in [0.29, 0.717) is 37.0 Å². The first kappa shape index (κ1) is 16.7. The summed E-state index contributed by atoms with van der Waals surface area (Å²) < 4.78 is 16.0. The van der Waals surface area contributed by atoms with Crippen molar-refractivity contribution in [1.82, 2.24) is 0 Å². The summed E-state index contributed by atoms with van der Waals surface area (Å²) in [5.74, 6) is -0.741. The normalized spacial score (nSPS) is 12.8. The van der Waals surface area contributed by atoms with Crippen LogP contribution in [0.1, 0.15) is 45.2 Å². The van der Waals surface area contributed by atoms with Crippen LogP contribution in [0.2, 0.25) is 0 Å². The van der Waals surface area contributed by atoms with Gasteiger partial charge in [0, 0.05) is 11.1 Å². The smallest absolute Gasteiger partial charge is 0.342 e. The molecule has 1 aliphatic heterocycles. The van der Waals surface area contributed by atoms with Crippen LogP contribution >= 0.6 is 7.53 Å². The van der Waals surface area contributed by atoms with Crippen LogP contribution in [0.3, 0.4) is 0 Å². The van der Waals surface area contributed by atoms with E-state index in [0.717, 1.165) is 16.4 Å². The number of carbonyl (C=O) groups is 2. The summed E-state index contributed by atoms with van der Waals surface area (Å²) in [6.07, 6.45) is 0. The zero-order valence-corrected chi connectivity index (χ0v) is 14.6. The molecule has 0 aliphatic carbocycles. The third-order valence-electron chi connectivity index (χ3n) is 3.83. The SMILES string of the molecule is CCOC(=O)c1c2c(c(C(=O)OCC)p1-c1ccccc1)COC2. The molecule has 1 aromatic heterocycles. The number of benzene rings is 1. The van der Waals surface area contributed by atoms with Crippen LogP contribution in [0.4, 0.5) is 0 Å². The Bertz CT molecular complexity index is 720. The van der Waals surface area contributed by atoms with Gasteiger partial charge in [0.1, 0.15) is 0 Å². The molecule has 0 spiro atoms. The Morgan fingerprint density at radius 1 is 0.958 bits per heavy atom. The monoisotopic (exact) mass is 346 g/mol. The van der Waals surface area contributed by atoms with Gasteiger partial charge in [0.15, 0.2) is 0 Å². The molecule has 0 bridgehead atoms. The predicted octanol–water partition coefficient (Wildman–Crippen LogP) is 4.05. The highest BCUT2D eigenvalue weighted by Gasteiger charge is 2.35. The molecular weight excluding hydrogens is 327 g/mol. The van der Waals surface area contributed by atoms with E-state index < -0.39 is 7.53 Å². The van der Waals surface area contributed by atoms with Crippen molar-refractivity contribution in [3.8, 4) is 5.30 Å². The topological polar surface area (TPSA) is 61.8 Å². The van der Waals surface area contributed by atoms with E-state index in [2.05, 4.69) is 0 Å². The number of ether oxygens (including phenoxy) is 3. The lowest BCUT2D eigenvalue weighted by molar-refractivity contribution is 0.0523. The lowest BCUT2D eigenvalue weighted by Crippen LogP contribution is -2.06. The summed E-state index contributed by atoms with van der Waals surface area (Å²) in [5, 5.41) is 2.07. The van der Waals surface area contributed by atoms with E-state index in [1.54, 1.807) is 13.8 Å². The summed E-state index contributed by atoms with van der Waals surface area (Å²) in [5.41, 5.74) is 1.60. The Morgan fingerprint density at radius 2 is 1.46 bits per heavy atom. The molecule has 0 saturated heterocycles. The zero-order valence-electron chi connectivity index (χ0n) is 13.7. The number of fused-ring (bicyclic) bond motifs is 1. The van der Waals surface area contributed by atoms with Crippen LogP contribution in [0.25, 0.3) is 5.30 Å².